The van der Waals surface area contributed by atoms with Gasteiger partial charge in [0.1, 0.15) is 17.2 Å². The van der Waals surface area contributed by atoms with Crippen LogP contribution in [0.2, 0.25) is 0 Å². The lowest BCUT2D eigenvalue weighted by atomic mass is 10.2. The maximum atomic E-state index is 9.55. The van der Waals surface area contributed by atoms with Crippen LogP contribution in [0.15, 0.2) is 59.6 Å². The summed E-state index contributed by atoms with van der Waals surface area (Å²) in [6.07, 6.45) is 5.36. The third kappa shape index (κ3) is 3.45. The molecular weight excluding hydrogens is 238 g/mol. The van der Waals surface area contributed by atoms with Gasteiger partial charge in [0.05, 0.1) is 7.11 Å². The van der Waals surface area contributed by atoms with Crippen LogP contribution in [0.4, 0.5) is 5.69 Å². The lowest BCUT2D eigenvalue weighted by molar-refractivity contribution is 0.414. The molecule has 2 aromatic rings. The van der Waals surface area contributed by atoms with Gasteiger partial charge >= 0.3 is 0 Å². The highest BCUT2D eigenvalue weighted by atomic mass is 16.5. The monoisotopic (exact) mass is 253 g/mol. The van der Waals surface area contributed by atoms with E-state index in [1.54, 1.807) is 31.5 Å². The van der Waals surface area contributed by atoms with Crippen LogP contribution < -0.4 is 4.74 Å². The molecule has 0 saturated carbocycles. The molecule has 0 radical (unpaired) electrons. The van der Waals surface area contributed by atoms with Crippen molar-refractivity contribution < 1.29 is 9.84 Å². The van der Waals surface area contributed by atoms with Crippen molar-refractivity contribution in [2.45, 2.75) is 0 Å². The van der Waals surface area contributed by atoms with Gasteiger partial charge in [-0.3, -0.25) is 4.99 Å². The van der Waals surface area contributed by atoms with Gasteiger partial charge in [0.2, 0.25) is 0 Å². The Morgan fingerprint density at radius 1 is 1.05 bits per heavy atom. The van der Waals surface area contributed by atoms with Crippen molar-refractivity contribution in [3.8, 4) is 11.5 Å². The fourth-order valence-electron chi connectivity index (χ4n) is 1.65. The predicted molar refractivity (Wildman–Crippen MR) is 78.3 cm³/mol. The molecule has 0 saturated heterocycles. The first-order chi connectivity index (χ1) is 9.31. The molecule has 1 N–H and O–H groups in total. The summed E-state index contributed by atoms with van der Waals surface area (Å²) in [6, 6.07) is 14.7. The predicted octanol–water partition coefficient (Wildman–Crippen LogP) is 3.82. The van der Waals surface area contributed by atoms with Crippen LogP contribution in [0.25, 0.3) is 6.08 Å². The molecule has 0 aliphatic carbocycles. The quantitative estimate of drug-likeness (QED) is 0.842. The van der Waals surface area contributed by atoms with Crippen LogP contribution in [0, 0.1) is 0 Å². The number of aromatic hydroxyl groups is 1. The first kappa shape index (κ1) is 12.9. The summed E-state index contributed by atoms with van der Waals surface area (Å²) in [6.45, 7) is 0. The van der Waals surface area contributed by atoms with E-state index in [4.69, 9.17) is 4.74 Å². The van der Waals surface area contributed by atoms with Gasteiger partial charge in [-0.25, -0.2) is 0 Å². The van der Waals surface area contributed by atoms with Crippen LogP contribution >= 0.6 is 0 Å². The van der Waals surface area contributed by atoms with Gasteiger partial charge in [0, 0.05) is 11.8 Å². The highest BCUT2D eigenvalue weighted by molar-refractivity contribution is 5.82. The Hall–Kier alpha value is -2.55. The minimum atomic E-state index is 0.171. The number of ether oxygens (including phenoxy) is 1. The van der Waals surface area contributed by atoms with Crippen molar-refractivity contribution in [2.24, 2.45) is 4.99 Å². The van der Waals surface area contributed by atoms with E-state index in [2.05, 4.69) is 4.99 Å². The maximum absolute atomic E-state index is 9.55. The Labute approximate surface area is 112 Å². The molecule has 0 bridgehead atoms. The number of para-hydroxylation sites is 3. The molecule has 0 amide bonds. The Morgan fingerprint density at radius 2 is 1.79 bits per heavy atom. The molecule has 0 aliphatic rings. The highest BCUT2D eigenvalue weighted by Crippen LogP contribution is 2.24. The number of hydrogen-bond donors (Lipinski definition) is 1. The van der Waals surface area contributed by atoms with E-state index in [9.17, 15) is 5.11 Å². The molecule has 2 aromatic carbocycles. The number of aliphatic imine (C=N–C) groups is 1. The molecule has 96 valence electrons. The topological polar surface area (TPSA) is 41.8 Å². The third-order valence-corrected chi connectivity index (χ3v) is 2.60. The second-order valence-corrected chi connectivity index (χ2v) is 3.87. The smallest absolute Gasteiger partial charge is 0.141 e. The number of phenols is 1. The molecular formula is C16H15NO2. The molecule has 3 nitrogen and oxygen atoms in total. The van der Waals surface area contributed by atoms with E-state index in [-0.39, 0.29) is 5.75 Å². The summed E-state index contributed by atoms with van der Waals surface area (Å²) in [5, 5.41) is 9.55. The average Bonchev–Trinajstić information content (AvgIpc) is 2.45. The van der Waals surface area contributed by atoms with E-state index in [0.29, 0.717) is 5.69 Å². The van der Waals surface area contributed by atoms with Crippen molar-refractivity contribution in [3.63, 3.8) is 0 Å². The number of hydrogen-bond acceptors (Lipinski definition) is 3. The second kappa shape index (κ2) is 6.40. The van der Waals surface area contributed by atoms with E-state index < -0.39 is 0 Å². The average molecular weight is 253 g/mol. The molecule has 19 heavy (non-hydrogen) atoms. The minimum Gasteiger partial charge on any atom is -0.506 e. The van der Waals surface area contributed by atoms with E-state index in [0.717, 1.165) is 11.3 Å². The summed E-state index contributed by atoms with van der Waals surface area (Å²) >= 11 is 0. The van der Waals surface area contributed by atoms with Gasteiger partial charge in [-0.2, -0.15) is 0 Å². The number of phenolic OH excluding ortho intramolecular Hbond substituents is 1. The van der Waals surface area contributed by atoms with Crippen molar-refractivity contribution in [3.05, 3.63) is 60.2 Å². The van der Waals surface area contributed by atoms with E-state index in [1.165, 1.54) is 0 Å². The number of methoxy groups -OCH3 is 1. The van der Waals surface area contributed by atoms with Gasteiger partial charge in [-0.1, -0.05) is 30.3 Å². The zero-order valence-corrected chi connectivity index (χ0v) is 10.7. The zero-order chi connectivity index (χ0) is 13.5. The van der Waals surface area contributed by atoms with E-state index in [1.807, 2.05) is 42.5 Å². The Morgan fingerprint density at radius 3 is 2.58 bits per heavy atom. The summed E-state index contributed by atoms with van der Waals surface area (Å²) in [4.78, 5) is 4.17. The van der Waals surface area contributed by atoms with Crippen molar-refractivity contribution >= 4 is 18.0 Å². The third-order valence-electron chi connectivity index (χ3n) is 2.60. The summed E-state index contributed by atoms with van der Waals surface area (Å²) in [7, 11) is 1.64. The normalized spacial score (nSPS) is 11.2. The van der Waals surface area contributed by atoms with Crippen molar-refractivity contribution in [2.75, 3.05) is 7.11 Å². The van der Waals surface area contributed by atoms with Gasteiger partial charge < -0.3 is 9.84 Å². The standard InChI is InChI=1S/C16H15NO2/c1-19-16-11-5-2-7-13(16)8-6-12-17-14-9-3-4-10-15(14)18/h2-12,18H,1H3/b8-6+,17-12?. The van der Waals surface area contributed by atoms with Crippen LogP contribution in [-0.2, 0) is 0 Å². The van der Waals surface area contributed by atoms with Gasteiger partial charge in [0.25, 0.3) is 0 Å². The number of benzene rings is 2. The molecule has 0 unspecified atom stereocenters. The molecule has 0 heterocycles. The van der Waals surface area contributed by atoms with Crippen LogP contribution in [0.3, 0.4) is 0 Å². The Bertz CT molecular complexity index is 603. The van der Waals surface area contributed by atoms with Crippen LogP contribution in [0.1, 0.15) is 5.56 Å². The molecule has 0 aromatic heterocycles. The van der Waals surface area contributed by atoms with Crippen LogP contribution in [0.5, 0.6) is 11.5 Å². The fraction of sp³-hybridized carbons (Fsp3) is 0.0625. The molecule has 0 aliphatic heterocycles. The zero-order valence-electron chi connectivity index (χ0n) is 10.7. The number of rotatable bonds is 4. The maximum Gasteiger partial charge on any atom is 0.141 e. The SMILES string of the molecule is COc1ccccc1/C=C/C=Nc1ccccc1O. The van der Waals surface area contributed by atoms with Gasteiger partial charge in [-0.15, -0.1) is 0 Å². The number of allylic oxidation sites excluding steroid dienone is 1. The number of nitrogens with zero attached hydrogens (tertiary/aromatic N) is 1. The van der Waals surface area contributed by atoms with E-state index >= 15 is 0 Å². The first-order valence-electron chi connectivity index (χ1n) is 5.93. The lowest BCUT2D eigenvalue weighted by Gasteiger charge is -2.02. The largest absolute Gasteiger partial charge is 0.506 e. The molecule has 0 atom stereocenters. The minimum absolute atomic E-state index is 0.171. The second-order valence-electron chi connectivity index (χ2n) is 3.87. The summed E-state index contributed by atoms with van der Waals surface area (Å²) in [5.74, 6) is 0.985. The summed E-state index contributed by atoms with van der Waals surface area (Å²) < 4.78 is 5.24. The molecule has 3 heteroatoms. The van der Waals surface area contributed by atoms with Crippen LogP contribution in [-0.4, -0.2) is 18.4 Å². The molecule has 0 spiro atoms. The van der Waals surface area contributed by atoms with Crippen molar-refractivity contribution in [1.82, 2.24) is 0 Å². The first-order valence-corrected chi connectivity index (χ1v) is 5.93. The summed E-state index contributed by atoms with van der Waals surface area (Å²) in [5.41, 5.74) is 1.53. The lowest BCUT2D eigenvalue weighted by Crippen LogP contribution is -1.85. The van der Waals surface area contributed by atoms with Crippen molar-refractivity contribution in [1.29, 1.82) is 0 Å². The Kier molecular flexibility index (Phi) is 4.34. The molecule has 0 fully saturated rings. The fourth-order valence-corrected chi connectivity index (χ4v) is 1.65. The Balaban J connectivity index is 2.10. The molecule has 2 rings (SSSR count). The van der Waals surface area contributed by atoms with Gasteiger partial charge in [0.15, 0.2) is 0 Å². The van der Waals surface area contributed by atoms with Gasteiger partial charge in [-0.05, 0) is 30.4 Å². The highest BCUT2D eigenvalue weighted by Gasteiger charge is 1.96.